The van der Waals surface area contributed by atoms with E-state index in [0.29, 0.717) is 18.2 Å². The number of anilines is 1. The van der Waals surface area contributed by atoms with Gasteiger partial charge in [0, 0.05) is 30.9 Å². The van der Waals surface area contributed by atoms with Gasteiger partial charge < -0.3 is 10.2 Å². The van der Waals surface area contributed by atoms with Crippen LogP contribution in [0.3, 0.4) is 0 Å². The summed E-state index contributed by atoms with van der Waals surface area (Å²) in [6, 6.07) is 6.18. The summed E-state index contributed by atoms with van der Waals surface area (Å²) in [7, 11) is 1.82. The highest BCUT2D eigenvalue weighted by Gasteiger charge is 2.33. The monoisotopic (exact) mass is 301 g/mol. The van der Waals surface area contributed by atoms with Crippen LogP contribution in [0.4, 0.5) is 5.82 Å². The standard InChI is InChI=1S/C16H19N3OS/c1-11-7-13(8-15(17-2)18-11)16(20)19(14-3-4-14)9-12-5-6-21-10-12/h5-8,10,14H,3-4,9H2,1-2H3,(H,17,18). The molecule has 1 fully saturated rings. The molecule has 0 spiro atoms. The second-order valence-corrected chi connectivity index (χ2v) is 6.21. The summed E-state index contributed by atoms with van der Waals surface area (Å²) in [6.45, 7) is 2.61. The fourth-order valence-electron chi connectivity index (χ4n) is 2.42. The number of aromatic nitrogens is 1. The Morgan fingerprint density at radius 1 is 1.48 bits per heavy atom. The number of rotatable bonds is 5. The van der Waals surface area contributed by atoms with Crippen LogP contribution in [0.2, 0.25) is 0 Å². The van der Waals surface area contributed by atoms with Crippen LogP contribution in [0.1, 0.15) is 34.5 Å². The zero-order chi connectivity index (χ0) is 14.8. The Kier molecular flexibility index (Phi) is 3.92. The molecule has 1 aliphatic rings. The Morgan fingerprint density at radius 2 is 2.29 bits per heavy atom. The lowest BCUT2D eigenvalue weighted by Crippen LogP contribution is -2.32. The first kappa shape index (κ1) is 14.1. The minimum absolute atomic E-state index is 0.103. The summed E-state index contributed by atoms with van der Waals surface area (Å²) in [4.78, 5) is 19.2. The van der Waals surface area contributed by atoms with Gasteiger partial charge in [-0.3, -0.25) is 4.79 Å². The highest BCUT2D eigenvalue weighted by molar-refractivity contribution is 7.07. The minimum atomic E-state index is 0.103. The second-order valence-electron chi connectivity index (χ2n) is 5.43. The quantitative estimate of drug-likeness (QED) is 0.921. The van der Waals surface area contributed by atoms with Crippen molar-refractivity contribution < 1.29 is 4.79 Å². The molecular weight excluding hydrogens is 282 g/mol. The van der Waals surface area contributed by atoms with Crippen molar-refractivity contribution in [2.45, 2.75) is 32.4 Å². The van der Waals surface area contributed by atoms with E-state index in [1.54, 1.807) is 11.3 Å². The summed E-state index contributed by atoms with van der Waals surface area (Å²) >= 11 is 1.67. The summed E-state index contributed by atoms with van der Waals surface area (Å²) in [5.74, 6) is 0.843. The van der Waals surface area contributed by atoms with E-state index in [9.17, 15) is 4.79 Å². The molecule has 1 aliphatic carbocycles. The molecule has 110 valence electrons. The van der Waals surface area contributed by atoms with Crippen molar-refractivity contribution in [1.82, 2.24) is 9.88 Å². The predicted molar refractivity (Wildman–Crippen MR) is 85.7 cm³/mol. The maximum Gasteiger partial charge on any atom is 0.254 e. The minimum Gasteiger partial charge on any atom is -0.373 e. The Morgan fingerprint density at radius 3 is 2.90 bits per heavy atom. The van der Waals surface area contributed by atoms with E-state index < -0.39 is 0 Å². The molecule has 0 atom stereocenters. The normalized spacial score (nSPS) is 14.0. The molecule has 0 unspecified atom stereocenters. The first-order valence-electron chi connectivity index (χ1n) is 7.16. The number of thiophene rings is 1. The summed E-state index contributed by atoms with van der Waals surface area (Å²) in [5.41, 5.74) is 2.78. The Balaban J connectivity index is 1.85. The number of carbonyl (C=O) groups excluding carboxylic acids is 1. The van der Waals surface area contributed by atoms with Crippen molar-refractivity contribution in [2.24, 2.45) is 0 Å². The van der Waals surface area contributed by atoms with Crippen LogP contribution in [-0.4, -0.2) is 28.9 Å². The zero-order valence-electron chi connectivity index (χ0n) is 12.3. The van der Waals surface area contributed by atoms with Crippen LogP contribution in [0.25, 0.3) is 0 Å². The summed E-state index contributed by atoms with van der Waals surface area (Å²) in [6.07, 6.45) is 2.22. The SMILES string of the molecule is CNc1cc(C(=O)N(Cc2ccsc2)C2CC2)cc(C)n1. The molecule has 2 aromatic heterocycles. The van der Waals surface area contributed by atoms with Gasteiger partial charge in [-0.05, 0) is 54.3 Å². The lowest BCUT2D eigenvalue weighted by Gasteiger charge is -2.22. The molecule has 0 radical (unpaired) electrons. The van der Waals surface area contributed by atoms with Crippen molar-refractivity contribution in [3.05, 3.63) is 45.8 Å². The van der Waals surface area contributed by atoms with E-state index in [1.165, 1.54) is 5.56 Å². The van der Waals surface area contributed by atoms with Gasteiger partial charge in [0.15, 0.2) is 0 Å². The lowest BCUT2D eigenvalue weighted by atomic mass is 10.1. The van der Waals surface area contributed by atoms with Gasteiger partial charge in [-0.2, -0.15) is 11.3 Å². The summed E-state index contributed by atoms with van der Waals surface area (Å²) in [5, 5.41) is 7.18. The molecule has 4 nitrogen and oxygen atoms in total. The Labute approximate surface area is 128 Å². The fraction of sp³-hybridized carbons (Fsp3) is 0.375. The lowest BCUT2D eigenvalue weighted by molar-refractivity contribution is 0.0730. The molecule has 2 aromatic rings. The molecule has 1 saturated carbocycles. The van der Waals surface area contributed by atoms with E-state index in [1.807, 2.05) is 31.0 Å². The predicted octanol–water partition coefficient (Wildman–Crippen LogP) is 3.30. The van der Waals surface area contributed by atoms with E-state index in [0.717, 1.165) is 24.4 Å². The average Bonchev–Trinajstić information content (AvgIpc) is 3.20. The van der Waals surface area contributed by atoms with Gasteiger partial charge in [-0.25, -0.2) is 4.98 Å². The smallest absolute Gasteiger partial charge is 0.254 e. The summed E-state index contributed by atoms with van der Waals surface area (Å²) < 4.78 is 0. The van der Waals surface area contributed by atoms with Crippen LogP contribution in [-0.2, 0) is 6.54 Å². The molecular formula is C16H19N3OS. The van der Waals surface area contributed by atoms with Gasteiger partial charge in [-0.1, -0.05) is 0 Å². The van der Waals surface area contributed by atoms with Crippen molar-refractivity contribution >= 4 is 23.1 Å². The third kappa shape index (κ3) is 3.24. The molecule has 1 N–H and O–H groups in total. The number of nitrogens with zero attached hydrogens (tertiary/aromatic N) is 2. The third-order valence-corrected chi connectivity index (χ3v) is 4.37. The first-order valence-corrected chi connectivity index (χ1v) is 8.10. The number of aryl methyl sites for hydroxylation is 1. The maximum absolute atomic E-state index is 12.8. The Bertz CT molecular complexity index is 635. The van der Waals surface area contributed by atoms with Crippen molar-refractivity contribution in [3.63, 3.8) is 0 Å². The van der Waals surface area contributed by atoms with Gasteiger partial charge >= 0.3 is 0 Å². The molecule has 3 rings (SSSR count). The van der Waals surface area contributed by atoms with E-state index in [2.05, 4.69) is 27.1 Å². The Hall–Kier alpha value is -1.88. The topological polar surface area (TPSA) is 45.2 Å². The number of nitrogens with one attached hydrogen (secondary N) is 1. The van der Waals surface area contributed by atoms with Crippen LogP contribution < -0.4 is 5.32 Å². The molecule has 0 saturated heterocycles. The van der Waals surface area contributed by atoms with Crippen molar-refractivity contribution in [1.29, 1.82) is 0 Å². The van der Waals surface area contributed by atoms with Crippen LogP contribution in [0.5, 0.6) is 0 Å². The van der Waals surface area contributed by atoms with E-state index >= 15 is 0 Å². The second kappa shape index (κ2) is 5.85. The molecule has 21 heavy (non-hydrogen) atoms. The van der Waals surface area contributed by atoms with E-state index in [-0.39, 0.29) is 5.91 Å². The van der Waals surface area contributed by atoms with Crippen LogP contribution in [0, 0.1) is 6.92 Å². The zero-order valence-corrected chi connectivity index (χ0v) is 13.1. The van der Waals surface area contributed by atoms with Gasteiger partial charge in [0.05, 0.1) is 0 Å². The third-order valence-electron chi connectivity index (χ3n) is 3.64. The highest BCUT2D eigenvalue weighted by atomic mass is 32.1. The van der Waals surface area contributed by atoms with E-state index in [4.69, 9.17) is 0 Å². The number of carbonyl (C=O) groups is 1. The maximum atomic E-state index is 12.8. The van der Waals surface area contributed by atoms with Gasteiger partial charge in [0.25, 0.3) is 5.91 Å². The highest BCUT2D eigenvalue weighted by Crippen LogP contribution is 2.30. The molecule has 0 aromatic carbocycles. The molecule has 0 bridgehead atoms. The van der Waals surface area contributed by atoms with Crippen LogP contribution in [0.15, 0.2) is 29.0 Å². The number of hydrogen-bond donors (Lipinski definition) is 1. The van der Waals surface area contributed by atoms with Crippen LogP contribution >= 0.6 is 11.3 Å². The van der Waals surface area contributed by atoms with Gasteiger partial charge in [-0.15, -0.1) is 0 Å². The fourth-order valence-corrected chi connectivity index (χ4v) is 3.08. The molecule has 0 aliphatic heterocycles. The molecule has 1 amide bonds. The number of pyridine rings is 1. The number of hydrogen-bond acceptors (Lipinski definition) is 4. The van der Waals surface area contributed by atoms with Gasteiger partial charge in [0.2, 0.25) is 0 Å². The van der Waals surface area contributed by atoms with Crippen molar-refractivity contribution in [2.75, 3.05) is 12.4 Å². The first-order chi connectivity index (χ1) is 10.2. The largest absolute Gasteiger partial charge is 0.373 e. The molecule has 5 heteroatoms. The molecule has 2 heterocycles. The van der Waals surface area contributed by atoms with Crippen molar-refractivity contribution in [3.8, 4) is 0 Å². The van der Waals surface area contributed by atoms with Gasteiger partial charge in [0.1, 0.15) is 5.82 Å². The number of amides is 1. The average molecular weight is 301 g/mol.